The molecule has 2 unspecified atom stereocenters. The Morgan fingerprint density at radius 1 is 1.02 bits per heavy atom. The zero-order valence-electron chi connectivity index (χ0n) is 27.0. The van der Waals surface area contributed by atoms with Gasteiger partial charge in [-0.15, -0.1) is 0 Å². The van der Waals surface area contributed by atoms with Crippen molar-refractivity contribution < 1.29 is 38.0 Å². The van der Waals surface area contributed by atoms with Gasteiger partial charge in [0.2, 0.25) is 0 Å². The molecule has 4 aliphatic rings. The minimum absolute atomic E-state index is 0.0210. The molecule has 8 nitrogen and oxygen atoms in total. The summed E-state index contributed by atoms with van der Waals surface area (Å²) >= 11 is 0. The quantitative estimate of drug-likeness (QED) is 0.101. The Kier molecular flexibility index (Phi) is 15.0. The number of allylic oxidation sites excluding steroid dienone is 7. The maximum absolute atomic E-state index is 12.8. The Morgan fingerprint density at radius 3 is 2.58 bits per heavy atom. The molecule has 0 aromatic carbocycles. The monoisotopic (exact) mass is 624 g/mol. The van der Waals surface area contributed by atoms with Crippen LogP contribution in [0.3, 0.4) is 0 Å². The summed E-state index contributed by atoms with van der Waals surface area (Å²) in [5.41, 5.74) is -0.640. The van der Waals surface area contributed by atoms with Crippen molar-refractivity contribution >= 4 is 11.6 Å². The highest BCUT2D eigenvalue weighted by atomic mass is 16.7. The summed E-state index contributed by atoms with van der Waals surface area (Å²) in [6.07, 6.45) is 30.5. The number of hydrogen-bond acceptors (Lipinski definition) is 8. The minimum Gasteiger partial charge on any atom is -0.461 e. The first-order valence-corrected chi connectivity index (χ1v) is 17.0. The summed E-state index contributed by atoms with van der Waals surface area (Å²) < 4.78 is 35.2. The first kappa shape index (κ1) is 34.8. The fourth-order valence-electron chi connectivity index (χ4n) is 5.99. The summed E-state index contributed by atoms with van der Waals surface area (Å²) in [5, 5.41) is 0. The van der Waals surface area contributed by atoms with E-state index in [1.54, 1.807) is 0 Å². The van der Waals surface area contributed by atoms with Crippen LogP contribution < -0.4 is 0 Å². The standard InChI is InChI=1S/C37H52O8/c1-2-3-23-37(45-36-20-10-13-27-42-36,29-44-35-19-9-12-26-41-35)24-14-15-30-21-22-33(39)32(30)17-7-5-4-6-16-31(38)28-43-34-18-8-11-25-40-34/h5,7,9-10,12-15,19-20,30,32,34H,2-4,6,8,11,16-18,21-29H2,1H3/t30-,32+,34?,37?/m0/s1. The molecule has 1 aliphatic carbocycles. The Labute approximate surface area is 269 Å². The number of ketones is 2. The molecule has 1 saturated carbocycles. The van der Waals surface area contributed by atoms with Crippen LogP contribution in [0.4, 0.5) is 0 Å². The first-order chi connectivity index (χ1) is 22.1. The third-order valence-electron chi connectivity index (χ3n) is 8.64. The van der Waals surface area contributed by atoms with Gasteiger partial charge in [-0.1, -0.05) is 49.8 Å². The molecule has 45 heavy (non-hydrogen) atoms. The molecule has 0 N–H and O–H groups in total. The number of unbranched alkanes of at least 4 members (excludes halogenated alkanes) is 2. The molecule has 248 valence electrons. The van der Waals surface area contributed by atoms with Gasteiger partial charge in [0.05, 0.1) is 0 Å². The van der Waals surface area contributed by atoms with Gasteiger partial charge >= 0.3 is 0 Å². The Morgan fingerprint density at radius 2 is 1.84 bits per heavy atom. The van der Waals surface area contributed by atoms with Crippen molar-refractivity contribution in [1.29, 1.82) is 0 Å². The van der Waals surface area contributed by atoms with E-state index in [0.29, 0.717) is 63.4 Å². The van der Waals surface area contributed by atoms with Crippen LogP contribution in [-0.2, 0) is 38.0 Å². The predicted molar refractivity (Wildman–Crippen MR) is 173 cm³/mol. The van der Waals surface area contributed by atoms with E-state index in [2.05, 4.69) is 31.2 Å². The number of hydrogen-bond donors (Lipinski definition) is 0. The molecule has 0 aromatic heterocycles. The predicted octanol–water partition coefficient (Wildman–Crippen LogP) is 7.57. The zero-order chi connectivity index (χ0) is 31.6. The Hall–Kier alpha value is -3.10. The van der Waals surface area contributed by atoms with E-state index in [1.165, 1.54) is 0 Å². The smallest absolute Gasteiger partial charge is 0.280 e. The van der Waals surface area contributed by atoms with Crippen molar-refractivity contribution in [3.05, 3.63) is 72.7 Å². The molecule has 0 amide bonds. The SMILES string of the molecule is CCCCC(CC=C[C@H]1CCC(=O)[C@@H]1CC=CCCCC(=O)COC1CCCCO1)(COC1=CC=CCO1)OC1=CC=CCO1. The van der Waals surface area contributed by atoms with Crippen molar-refractivity contribution in [2.75, 3.05) is 33.0 Å². The molecule has 0 aromatic rings. The first-order valence-electron chi connectivity index (χ1n) is 17.0. The van der Waals surface area contributed by atoms with Crippen molar-refractivity contribution in [2.24, 2.45) is 11.8 Å². The van der Waals surface area contributed by atoms with Crippen LogP contribution in [-0.4, -0.2) is 56.5 Å². The number of ether oxygens (including phenoxy) is 6. The number of Topliss-reactive ketones (excluding diaryl/α,β-unsaturated/α-hetero) is 2. The molecule has 4 atom stereocenters. The van der Waals surface area contributed by atoms with Crippen LogP contribution >= 0.6 is 0 Å². The van der Waals surface area contributed by atoms with Gasteiger partial charge in [-0.25, -0.2) is 0 Å². The average molecular weight is 625 g/mol. The van der Waals surface area contributed by atoms with Gasteiger partial charge in [-0.2, -0.15) is 0 Å². The van der Waals surface area contributed by atoms with E-state index in [0.717, 1.165) is 64.2 Å². The van der Waals surface area contributed by atoms with Crippen molar-refractivity contribution in [2.45, 2.75) is 102 Å². The molecule has 8 heteroatoms. The molecular weight excluding hydrogens is 572 g/mol. The van der Waals surface area contributed by atoms with E-state index < -0.39 is 5.60 Å². The number of carbonyl (C=O) groups excluding carboxylic acids is 2. The Balaban J connectivity index is 1.27. The van der Waals surface area contributed by atoms with E-state index in [9.17, 15) is 9.59 Å². The molecule has 3 heterocycles. The van der Waals surface area contributed by atoms with Gasteiger partial charge in [0, 0.05) is 43.9 Å². The number of carbonyl (C=O) groups is 2. The summed E-state index contributed by atoms with van der Waals surface area (Å²) in [5.74, 6) is 1.59. The van der Waals surface area contributed by atoms with E-state index in [4.69, 9.17) is 28.4 Å². The lowest BCUT2D eigenvalue weighted by molar-refractivity contribution is -0.169. The van der Waals surface area contributed by atoms with Crippen LogP contribution in [0.5, 0.6) is 0 Å². The topological polar surface area (TPSA) is 89.5 Å². The molecule has 0 radical (unpaired) electrons. The highest BCUT2D eigenvalue weighted by molar-refractivity contribution is 5.83. The molecule has 0 bridgehead atoms. The maximum atomic E-state index is 12.8. The van der Waals surface area contributed by atoms with Crippen molar-refractivity contribution in [3.8, 4) is 0 Å². The van der Waals surface area contributed by atoms with Crippen LogP contribution in [0.15, 0.2) is 72.7 Å². The van der Waals surface area contributed by atoms with Crippen molar-refractivity contribution in [3.63, 3.8) is 0 Å². The second-order valence-corrected chi connectivity index (χ2v) is 12.3. The third kappa shape index (κ3) is 12.3. The minimum atomic E-state index is -0.640. The Bertz CT molecular complexity index is 1110. The fourth-order valence-corrected chi connectivity index (χ4v) is 5.99. The normalized spacial score (nSPS) is 24.6. The average Bonchev–Trinajstić information content (AvgIpc) is 3.43. The highest BCUT2D eigenvalue weighted by Crippen LogP contribution is 2.35. The molecule has 1 saturated heterocycles. The van der Waals surface area contributed by atoms with E-state index >= 15 is 0 Å². The van der Waals surface area contributed by atoms with Gasteiger partial charge in [0.1, 0.15) is 37.8 Å². The summed E-state index contributed by atoms with van der Waals surface area (Å²) in [4.78, 5) is 25.0. The second-order valence-electron chi connectivity index (χ2n) is 12.3. The van der Waals surface area contributed by atoms with Crippen LogP contribution in [0.1, 0.15) is 90.4 Å². The lowest BCUT2D eigenvalue weighted by Crippen LogP contribution is -2.38. The third-order valence-corrected chi connectivity index (χ3v) is 8.64. The molecule has 3 aliphatic heterocycles. The lowest BCUT2D eigenvalue weighted by atomic mass is 9.89. The summed E-state index contributed by atoms with van der Waals surface area (Å²) in [7, 11) is 0. The van der Waals surface area contributed by atoms with Crippen LogP contribution in [0, 0.1) is 11.8 Å². The second kappa shape index (κ2) is 19.4. The van der Waals surface area contributed by atoms with Crippen molar-refractivity contribution in [1.82, 2.24) is 0 Å². The molecule has 4 rings (SSSR count). The molecule has 0 spiro atoms. The van der Waals surface area contributed by atoms with E-state index in [1.807, 2.05) is 36.5 Å². The van der Waals surface area contributed by atoms with Crippen LogP contribution in [0.2, 0.25) is 0 Å². The van der Waals surface area contributed by atoms with Crippen LogP contribution in [0.25, 0.3) is 0 Å². The summed E-state index contributed by atoms with van der Waals surface area (Å²) in [6.45, 7) is 4.29. The summed E-state index contributed by atoms with van der Waals surface area (Å²) in [6, 6.07) is 0. The van der Waals surface area contributed by atoms with Gasteiger partial charge in [-0.3, -0.25) is 9.59 Å². The largest absolute Gasteiger partial charge is 0.461 e. The van der Waals surface area contributed by atoms with E-state index in [-0.39, 0.29) is 30.5 Å². The highest BCUT2D eigenvalue weighted by Gasteiger charge is 2.36. The van der Waals surface area contributed by atoms with Gasteiger partial charge in [0.15, 0.2) is 12.1 Å². The van der Waals surface area contributed by atoms with Gasteiger partial charge in [-0.05, 0) is 75.9 Å². The fraction of sp³-hybridized carbons (Fsp3) is 0.622. The zero-order valence-corrected chi connectivity index (χ0v) is 27.0. The van der Waals surface area contributed by atoms with Gasteiger partial charge in [0.25, 0.3) is 11.9 Å². The maximum Gasteiger partial charge on any atom is 0.280 e. The van der Waals surface area contributed by atoms with Gasteiger partial charge < -0.3 is 28.4 Å². The molecule has 2 fully saturated rings. The lowest BCUT2D eigenvalue weighted by Gasteiger charge is -2.35. The molecular formula is C37H52O8. The number of rotatable bonds is 20.